The molecule has 4 amide bonds. The molecule has 0 spiro atoms. The zero-order chi connectivity index (χ0) is 25.8. The van der Waals surface area contributed by atoms with Crippen LogP contribution in [-0.4, -0.2) is 51.6 Å². The number of nitrogens with zero attached hydrogens (tertiary/aromatic N) is 2. The Kier molecular flexibility index (Phi) is 7.55. The number of hydrogen-bond acceptors (Lipinski definition) is 6. The van der Waals surface area contributed by atoms with E-state index in [9.17, 15) is 18.8 Å². The van der Waals surface area contributed by atoms with Gasteiger partial charge < -0.3 is 14.8 Å². The monoisotopic (exact) mass is 524 g/mol. The number of thioether (sulfide) groups is 1. The lowest BCUT2D eigenvalue weighted by Gasteiger charge is -2.24. The summed E-state index contributed by atoms with van der Waals surface area (Å²) in [4.78, 5) is 39.8. The third-order valence-corrected chi connectivity index (χ3v) is 7.46. The smallest absolute Gasteiger partial charge is 0.454 e. The second-order valence-electron chi connectivity index (χ2n) is 9.00. The molecule has 0 saturated carbocycles. The van der Waals surface area contributed by atoms with E-state index in [-0.39, 0.29) is 37.0 Å². The highest BCUT2D eigenvalue weighted by Gasteiger charge is 2.48. The molecule has 2 aromatic rings. The molecule has 3 aliphatic rings. The maximum Gasteiger partial charge on any atom is 0.501 e. The van der Waals surface area contributed by atoms with Gasteiger partial charge in [0.25, 0.3) is 0 Å². The summed E-state index contributed by atoms with van der Waals surface area (Å²) in [5, 5.41) is 4.29. The van der Waals surface area contributed by atoms with Crippen LogP contribution in [-0.2, 0) is 22.7 Å². The highest BCUT2D eigenvalue weighted by Crippen LogP contribution is 2.32. The molecule has 0 saturated heterocycles. The number of hydrogen-bond donors (Lipinski definition) is 1. The first-order valence-electron chi connectivity index (χ1n) is 12.2. The van der Waals surface area contributed by atoms with Gasteiger partial charge in [0.15, 0.2) is 16.7 Å². The summed E-state index contributed by atoms with van der Waals surface area (Å²) >= 11 is 1.38. The molecule has 0 radical (unpaired) electrons. The van der Waals surface area contributed by atoms with Crippen molar-refractivity contribution >= 4 is 35.3 Å². The number of carbonyl (C=O) groups excluding carboxylic acids is 3. The number of halogens is 1. The van der Waals surface area contributed by atoms with E-state index in [1.807, 2.05) is 23.6 Å². The van der Waals surface area contributed by atoms with Crippen molar-refractivity contribution in [3.8, 4) is 11.5 Å². The van der Waals surface area contributed by atoms with Gasteiger partial charge in [0, 0.05) is 13.0 Å². The SMILES string of the molecule is O=C(CCCCCN1C(=O)C2SC=CC2=[N+](Cc2ccc(F)cc2)C1=O)NCc1ccc2c(c1)OCO2. The molecule has 2 aromatic carbocycles. The van der Waals surface area contributed by atoms with Crippen molar-refractivity contribution in [3.63, 3.8) is 0 Å². The maximum atomic E-state index is 13.3. The van der Waals surface area contributed by atoms with E-state index in [0.717, 1.165) is 11.1 Å². The summed E-state index contributed by atoms with van der Waals surface area (Å²) in [7, 11) is 0. The normalized spacial score (nSPS) is 18.0. The highest BCUT2D eigenvalue weighted by atomic mass is 32.2. The second kappa shape index (κ2) is 11.2. The summed E-state index contributed by atoms with van der Waals surface area (Å²) in [6, 6.07) is 11.2. The molecule has 192 valence electrons. The number of nitrogens with one attached hydrogen (secondary N) is 1. The molecule has 0 bridgehead atoms. The highest BCUT2D eigenvalue weighted by molar-refractivity contribution is 8.04. The van der Waals surface area contributed by atoms with Crippen molar-refractivity contribution in [2.45, 2.75) is 44.0 Å². The van der Waals surface area contributed by atoms with Crippen molar-refractivity contribution in [2.24, 2.45) is 0 Å². The first kappa shape index (κ1) is 25.0. The Labute approximate surface area is 218 Å². The van der Waals surface area contributed by atoms with Crippen LogP contribution in [0, 0.1) is 5.82 Å². The van der Waals surface area contributed by atoms with Crippen molar-refractivity contribution in [3.05, 3.63) is 70.9 Å². The van der Waals surface area contributed by atoms with E-state index >= 15 is 0 Å². The number of carbonyl (C=O) groups is 3. The van der Waals surface area contributed by atoms with Crippen LogP contribution in [0.25, 0.3) is 0 Å². The van der Waals surface area contributed by atoms with Crippen LogP contribution in [0.5, 0.6) is 11.5 Å². The van der Waals surface area contributed by atoms with Crippen LogP contribution in [0.3, 0.4) is 0 Å². The van der Waals surface area contributed by atoms with Gasteiger partial charge in [-0.25, -0.2) is 9.18 Å². The van der Waals surface area contributed by atoms with Crippen LogP contribution in [0.1, 0.15) is 36.8 Å². The van der Waals surface area contributed by atoms with Gasteiger partial charge in [-0.05, 0) is 66.1 Å². The lowest BCUT2D eigenvalue weighted by atomic mass is 10.1. The van der Waals surface area contributed by atoms with Gasteiger partial charge in [0.2, 0.25) is 12.7 Å². The minimum atomic E-state index is -0.444. The van der Waals surface area contributed by atoms with Gasteiger partial charge in [0.1, 0.15) is 18.1 Å². The van der Waals surface area contributed by atoms with Gasteiger partial charge in [0.05, 0.1) is 6.54 Å². The topological polar surface area (TPSA) is 88.0 Å². The number of unbranched alkanes of at least 4 members (excludes halogenated alkanes) is 2. The molecule has 1 unspecified atom stereocenters. The molecular weight excluding hydrogens is 497 g/mol. The van der Waals surface area contributed by atoms with Crippen LogP contribution in [0.15, 0.2) is 53.9 Å². The minimum Gasteiger partial charge on any atom is -0.454 e. The van der Waals surface area contributed by atoms with E-state index < -0.39 is 5.25 Å². The van der Waals surface area contributed by atoms with Gasteiger partial charge in [-0.1, -0.05) is 18.2 Å². The zero-order valence-corrected chi connectivity index (χ0v) is 21.0. The minimum absolute atomic E-state index is 0.0547. The molecule has 0 fully saturated rings. The van der Waals surface area contributed by atoms with E-state index in [1.54, 1.807) is 22.8 Å². The number of benzene rings is 2. The van der Waals surface area contributed by atoms with Crippen molar-refractivity contribution in [2.75, 3.05) is 13.3 Å². The van der Waals surface area contributed by atoms with E-state index in [4.69, 9.17) is 9.47 Å². The van der Waals surface area contributed by atoms with Crippen molar-refractivity contribution in [1.82, 2.24) is 10.2 Å². The standard InChI is InChI=1S/C27H26FN3O5S/c28-20-8-5-18(6-9-20)16-31-21-11-13-37-25(21)26(33)30(27(31)34)12-3-1-2-4-24(32)29-15-19-7-10-22-23(14-19)36-17-35-22/h5-11,13-14,25H,1-4,12,15-17H2/p+1. The Morgan fingerprint density at radius 1 is 1.05 bits per heavy atom. The Balaban J connectivity index is 1.09. The Morgan fingerprint density at radius 2 is 1.84 bits per heavy atom. The molecule has 0 aliphatic carbocycles. The van der Waals surface area contributed by atoms with E-state index in [2.05, 4.69) is 5.32 Å². The molecule has 3 heterocycles. The first-order valence-corrected chi connectivity index (χ1v) is 13.2. The van der Waals surface area contributed by atoms with Crippen LogP contribution in [0.4, 0.5) is 9.18 Å². The third-order valence-electron chi connectivity index (χ3n) is 6.45. The van der Waals surface area contributed by atoms with Gasteiger partial charge in [-0.15, -0.1) is 11.8 Å². The quantitative estimate of drug-likeness (QED) is 0.374. The Bertz CT molecular complexity index is 1280. The van der Waals surface area contributed by atoms with E-state index in [0.29, 0.717) is 56.0 Å². The fourth-order valence-electron chi connectivity index (χ4n) is 4.46. The Hall–Kier alpha value is -3.66. The first-order chi connectivity index (χ1) is 18.0. The largest absolute Gasteiger partial charge is 0.501 e. The number of imide groups is 1. The van der Waals surface area contributed by atoms with Crippen LogP contribution in [0.2, 0.25) is 0 Å². The second-order valence-corrected chi connectivity index (χ2v) is 10.0. The van der Waals surface area contributed by atoms with Crippen molar-refractivity contribution < 1.29 is 32.8 Å². The number of amides is 4. The predicted octanol–water partition coefficient (Wildman–Crippen LogP) is 3.98. The average molecular weight is 525 g/mol. The lowest BCUT2D eigenvalue weighted by molar-refractivity contribution is -0.454. The maximum absolute atomic E-state index is 13.3. The number of allylic oxidation sites excluding steroid dienone is 1. The number of ether oxygens (including phenoxy) is 2. The summed E-state index contributed by atoms with van der Waals surface area (Å²) in [5.41, 5.74) is 2.38. The molecule has 8 nitrogen and oxygen atoms in total. The Morgan fingerprint density at radius 3 is 2.68 bits per heavy atom. The van der Waals surface area contributed by atoms with Crippen LogP contribution < -0.4 is 14.8 Å². The fourth-order valence-corrected chi connectivity index (χ4v) is 5.43. The molecule has 37 heavy (non-hydrogen) atoms. The summed E-state index contributed by atoms with van der Waals surface area (Å²) in [5.74, 6) is 0.777. The number of fused-ring (bicyclic) bond motifs is 2. The zero-order valence-electron chi connectivity index (χ0n) is 20.2. The lowest BCUT2D eigenvalue weighted by Crippen LogP contribution is -2.55. The molecule has 5 rings (SSSR count). The molecule has 1 atom stereocenters. The van der Waals surface area contributed by atoms with E-state index in [1.165, 1.54) is 28.8 Å². The molecule has 1 N–H and O–H groups in total. The summed E-state index contributed by atoms with van der Waals surface area (Å²) in [6.45, 7) is 1.17. The fraction of sp³-hybridized carbons (Fsp3) is 0.333. The third kappa shape index (κ3) is 5.69. The van der Waals surface area contributed by atoms with Gasteiger partial charge >= 0.3 is 11.9 Å². The summed E-state index contributed by atoms with van der Waals surface area (Å²) in [6.07, 6.45) is 4.13. The molecule has 3 aliphatic heterocycles. The molecular formula is C27H27FN3O5S+. The van der Waals surface area contributed by atoms with Crippen LogP contribution >= 0.6 is 11.8 Å². The van der Waals surface area contributed by atoms with Gasteiger partial charge in [-0.2, -0.15) is 14.3 Å². The van der Waals surface area contributed by atoms with Gasteiger partial charge in [-0.3, -0.25) is 4.79 Å². The van der Waals surface area contributed by atoms with Crippen molar-refractivity contribution in [1.29, 1.82) is 0 Å². The summed E-state index contributed by atoms with van der Waals surface area (Å²) < 4.78 is 25.5. The molecule has 0 aromatic heterocycles. The number of urea groups is 1. The molecule has 10 heteroatoms. The number of rotatable bonds is 10. The predicted molar refractivity (Wildman–Crippen MR) is 136 cm³/mol. The average Bonchev–Trinajstić information content (AvgIpc) is 3.58.